The summed E-state index contributed by atoms with van der Waals surface area (Å²) in [7, 11) is 0. The zero-order valence-corrected chi connectivity index (χ0v) is 8.18. The lowest BCUT2D eigenvalue weighted by molar-refractivity contribution is -0.0328. The first-order valence-corrected chi connectivity index (χ1v) is 4.78. The monoisotopic (exact) mass is 224 g/mol. The molecule has 78 valence electrons. The Bertz CT molecular complexity index is 319. The van der Waals surface area contributed by atoms with Crippen molar-refractivity contribution >= 4 is 11.8 Å². The molecule has 0 unspecified atom stereocenters. The van der Waals surface area contributed by atoms with E-state index in [2.05, 4.69) is 0 Å². The van der Waals surface area contributed by atoms with E-state index in [1.807, 2.05) is 0 Å². The normalized spacial score (nSPS) is 11.8. The van der Waals surface area contributed by atoms with E-state index in [0.29, 0.717) is 12.0 Å². The van der Waals surface area contributed by atoms with Gasteiger partial charge in [-0.05, 0) is 41.9 Å². The van der Waals surface area contributed by atoms with Gasteiger partial charge in [-0.15, -0.1) is 0 Å². The highest BCUT2D eigenvalue weighted by Crippen LogP contribution is 2.37. The number of halogens is 4. The maximum Gasteiger partial charge on any atom is 0.446 e. The van der Waals surface area contributed by atoms with Crippen molar-refractivity contribution in [1.29, 1.82) is 0 Å². The van der Waals surface area contributed by atoms with Crippen molar-refractivity contribution in [2.45, 2.75) is 23.7 Å². The number of hydrogen-bond acceptors (Lipinski definition) is 1. The first-order chi connectivity index (χ1) is 6.42. The van der Waals surface area contributed by atoms with Gasteiger partial charge in [0, 0.05) is 4.90 Å². The zero-order chi connectivity index (χ0) is 10.8. The predicted octanol–water partition coefficient (Wildman–Crippen LogP) is 4.00. The van der Waals surface area contributed by atoms with E-state index in [1.165, 1.54) is 6.07 Å². The van der Waals surface area contributed by atoms with Crippen LogP contribution in [0, 0.1) is 5.82 Å². The van der Waals surface area contributed by atoms with Crippen molar-refractivity contribution in [3.63, 3.8) is 0 Å². The van der Waals surface area contributed by atoms with Crippen molar-refractivity contribution in [3.8, 4) is 0 Å². The first-order valence-electron chi connectivity index (χ1n) is 3.96. The van der Waals surface area contributed by atoms with Gasteiger partial charge < -0.3 is 0 Å². The summed E-state index contributed by atoms with van der Waals surface area (Å²) in [4.78, 5) is 0.0238. The lowest BCUT2D eigenvalue weighted by Gasteiger charge is -2.07. The molecular weight excluding hydrogens is 216 g/mol. The fourth-order valence-corrected chi connectivity index (χ4v) is 1.62. The molecule has 0 nitrogen and oxygen atoms in total. The van der Waals surface area contributed by atoms with Crippen LogP contribution in [-0.4, -0.2) is 5.51 Å². The fraction of sp³-hybridized carbons (Fsp3) is 0.333. The molecular formula is C9H8F4S. The van der Waals surface area contributed by atoms with Crippen molar-refractivity contribution in [3.05, 3.63) is 29.6 Å². The molecule has 0 amide bonds. The van der Waals surface area contributed by atoms with Crippen LogP contribution in [0.1, 0.15) is 12.5 Å². The van der Waals surface area contributed by atoms with E-state index in [-0.39, 0.29) is 16.7 Å². The molecule has 1 aromatic rings. The molecule has 0 atom stereocenters. The minimum atomic E-state index is -4.32. The van der Waals surface area contributed by atoms with E-state index in [1.54, 1.807) is 6.92 Å². The van der Waals surface area contributed by atoms with Crippen LogP contribution in [0.2, 0.25) is 0 Å². The molecule has 0 fully saturated rings. The molecule has 0 saturated heterocycles. The van der Waals surface area contributed by atoms with Crippen LogP contribution in [0.4, 0.5) is 17.6 Å². The van der Waals surface area contributed by atoms with Gasteiger partial charge in [-0.3, -0.25) is 0 Å². The molecule has 0 aliphatic carbocycles. The second-order valence-electron chi connectivity index (χ2n) is 2.65. The number of rotatable bonds is 2. The van der Waals surface area contributed by atoms with Gasteiger partial charge in [-0.25, -0.2) is 4.39 Å². The van der Waals surface area contributed by atoms with Crippen LogP contribution < -0.4 is 0 Å². The standard InChI is InChI=1S/C9H8F4S/c1-2-6-5-7(3-4-8(6)10)14-9(11,12)13/h3-5H,2H2,1H3. The Balaban J connectivity index is 2.90. The summed E-state index contributed by atoms with van der Waals surface area (Å²) in [6.07, 6.45) is 0.387. The minimum Gasteiger partial charge on any atom is -0.207 e. The second kappa shape index (κ2) is 4.21. The molecule has 0 aromatic heterocycles. The third-order valence-electron chi connectivity index (χ3n) is 1.63. The van der Waals surface area contributed by atoms with Crippen molar-refractivity contribution in [1.82, 2.24) is 0 Å². The third-order valence-corrected chi connectivity index (χ3v) is 2.35. The summed E-state index contributed by atoms with van der Waals surface area (Å²) < 4.78 is 48.8. The average molecular weight is 224 g/mol. The van der Waals surface area contributed by atoms with E-state index in [4.69, 9.17) is 0 Å². The van der Waals surface area contributed by atoms with Gasteiger partial charge in [0.05, 0.1) is 0 Å². The summed E-state index contributed by atoms with van der Waals surface area (Å²) in [5.41, 5.74) is -4.01. The Hall–Kier alpha value is -0.710. The topological polar surface area (TPSA) is 0 Å². The van der Waals surface area contributed by atoms with Crippen LogP contribution in [0.3, 0.4) is 0 Å². The lowest BCUT2D eigenvalue weighted by Crippen LogP contribution is -1.99. The van der Waals surface area contributed by atoms with E-state index in [9.17, 15) is 17.6 Å². The molecule has 0 aliphatic rings. The lowest BCUT2D eigenvalue weighted by atomic mass is 10.2. The summed E-state index contributed by atoms with van der Waals surface area (Å²) in [5, 5.41) is 0. The zero-order valence-electron chi connectivity index (χ0n) is 7.36. The van der Waals surface area contributed by atoms with Crippen LogP contribution in [0.15, 0.2) is 23.1 Å². The average Bonchev–Trinajstić information content (AvgIpc) is 2.06. The van der Waals surface area contributed by atoms with Crippen LogP contribution in [0.5, 0.6) is 0 Å². The Morgan fingerprint density at radius 2 is 1.93 bits per heavy atom. The Kier molecular flexibility index (Phi) is 3.42. The van der Waals surface area contributed by atoms with Gasteiger partial charge in [0.15, 0.2) is 0 Å². The van der Waals surface area contributed by atoms with E-state index in [0.717, 1.165) is 12.1 Å². The van der Waals surface area contributed by atoms with Crippen LogP contribution in [0.25, 0.3) is 0 Å². The predicted molar refractivity (Wildman–Crippen MR) is 47.7 cm³/mol. The van der Waals surface area contributed by atoms with Gasteiger partial charge in [-0.2, -0.15) is 13.2 Å². The number of thioether (sulfide) groups is 1. The molecule has 14 heavy (non-hydrogen) atoms. The van der Waals surface area contributed by atoms with Crippen molar-refractivity contribution in [2.24, 2.45) is 0 Å². The Morgan fingerprint density at radius 3 is 2.43 bits per heavy atom. The van der Waals surface area contributed by atoms with E-state index < -0.39 is 11.3 Å². The molecule has 0 spiro atoms. The largest absolute Gasteiger partial charge is 0.446 e. The van der Waals surface area contributed by atoms with Gasteiger partial charge in [0.2, 0.25) is 0 Å². The number of hydrogen-bond donors (Lipinski definition) is 0. The maximum absolute atomic E-state index is 12.9. The molecule has 0 aliphatic heterocycles. The Morgan fingerprint density at radius 1 is 1.29 bits per heavy atom. The van der Waals surface area contributed by atoms with Crippen molar-refractivity contribution in [2.75, 3.05) is 0 Å². The molecule has 0 bridgehead atoms. The molecule has 0 saturated carbocycles. The quantitative estimate of drug-likeness (QED) is 0.540. The van der Waals surface area contributed by atoms with Gasteiger partial charge in [0.25, 0.3) is 0 Å². The summed E-state index contributed by atoms with van der Waals surface area (Å²) in [5.74, 6) is -0.459. The summed E-state index contributed by atoms with van der Waals surface area (Å²) in [6.45, 7) is 1.69. The highest BCUT2D eigenvalue weighted by Gasteiger charge is 2.29. The van der Waals surface area contributed by atoms with Crippen molar-refractivity contribution < 1.29 is 17.6 Å². The molecule has 0 radical (unpaired) electrons. The van der Waals surface area contributed by atoms with Crippen LogP contribution in [-0.2, 0) is 6.42 Å². The second-order valence-corrected chi connectivity index (χ2v) is 3.79. The first kappa shape index (κ1) is 11.4. The molecule has 1 aromatic carbocycles. The van der Waals surface area contributed by atoms with Gasteiger partial charge in [0.1, 0.15) is 5.82 Å². The van der Waals surface area contributed by atoms with Gasteiger partial charge >= 0.3 is 5.51 Å². The number of benzene rings is 1. The minimum absolute atomic E-state index is 0.0238. The summed E-state index contributed by atoms with van der Waals surface area (Å²) in [6, 6.07) is 3.42. The number of aryl methyl sites for hydroxylation is 1. The fourth-order valence-electron chi connectivity index (χ4n) is 1.02. The molecule has 5 heteroatoms. The number of alkyl halides is 3. The highest BCUT2D eigenvalue weighted by atomic mass is 32.2. The van der Waals surface area contributed by atoms with Gasteiger partial charge in [-0.1, -0.05) is 6.92 Å². The molecule has 1 rings (SSSR count). The van der Waals surface area contributed by atoms with Crippen LogP contribution >= 0.6 is 11.8 Å². The smallest absolute Gasteiger partial charge is 0.207 e. The third kappa shape index (κ3) is 3.21. The maximum atomic E-state index is 12.9. The highest BCUT2D eigenvalue weighted by molar-refractivity contribution is 8.00. The molecule has 0 N–H and O–H groups in total. The van der Waals surface area contributed by atoms with E-state index >= 15 is 0 Å². The molecule has 0 heterocycles. The Labute approximate surface area is 83.3 Å². The SMILES string of the molecule is CCc1cc(SC(F)(F)F)ccc1F. The summed E-state index contributed by atoms with van der Waals surface area (Å²) >= 11 is -0.228.